The minimum Gasteiger partial charge on any atom is -0.387 e. The van der Waals surface area contributed by atoms with E-state index in [1.165, 1.54) is 0 Å². The van der Waals surface area contributed by atoms with E-state index < -0.39 is 6.10 Å². The molecule has 0 saturated heterocycles. The lowest BCUT2D eigenvalue weighted by Gasteiger charge is -2.13. The number of fused-ring (bicyclic) bond motifs is 1. The minimum atomic E-state index is -0.767. The van der Waals surface area contributed by atoms with Crippen molar-refractivity contribution in [2.45, 2.75) is 19.6 Å². The van der Waals surface area contributed by atoms with Crippen LogP contribution in [0, 0.1) is 6.92 Å². The molecule has 1 aromatic heterocycles. The molecule has 25 heavy (non-hydrogen) atoms. The first-order chi connectivity index (χ1) is 12.1. The van der Waals surface area contributed by atoms with E-state index in [0.29, 0.717) is 12.4 Å². The fourth-order valence-electron chi connectivity index (χ4n) is 2.56. The van der Waals surface area contributed by atoms with Crippen molar-refractivity contribution in [3.8, 4) is 0 Å². The van der Waals surface area contributed by atoms with Gasteiger partial charge in [0.1, 0.15) is 5.82 Å². The maximum atomic E-state index is 11.9. The van der Waals surface area contributed by atoms with E-state index in [1.807, 2.05) is 42.5 Å². The number of hydrogen-bond donors (Lipinski definition) is 3. The average Bonchev–Trinajstić information content (AvgIpc) is 2.64. The van der Waals surface area contributed by atoms with E-state index in [0.717, 1.165) is 22.0 Å². The third-order valence-electron chi connectivity index (χ3n) is 3.88. The smallest absolute Gasteiger partial charge is 0.315 e. The molecule has 0 bridgehead atoms. The van der Waals surface area contributed by atoms with Gasteiger partial charge in [0, 0.05) is 12.7 Å². The second kappa shape index (κ2) is 7.72. The third kappa shape index (κ3) is 4.51. The number of urea groups is 1. The van der Waals surface area contributed by atoms with Crippen LogP contribution in [0.2, 0.25) is 0 Å². The number of aliphatic hydroxyl groups excluding tert-OH is 1. The number of amides is 2. The van der Waals surface area contributed by atoms with Gasteiger partial charge in [0.2, 0.25) is 0 Å². The second-order valence-electron chi connectivity index (χ2n) is 5.78. The number of aliphatic hydroxyl groups is 1. The summed E-state index contributed by atoms with van der Waals surface area (Å²) in [7, 11) is 0. The summed E-state index contributed by atoms with van der Waals surface area (Å²) in [5.74, 6) is 0.659. The lowest BCUT2D eigenvalue weighted by molar-refractivity contribution is 0.173. The lowest BCUT2D eigenvalue weighted by Crippen LogP contribution is -2.37. The number of nitrogens with one attached hydrogen (secondary N) is 2. The second-order valence-corrected chi connectivity index (χ2v) is 5.78. The highest BCUT2D eigenvalue weighted by atomic mass is 16.3. The third-order valence-corrected chi connectivity index (χ3v) is 3.88. The first-order valence-electron chi connectivity index (χ1n) is 8.09. The topological polar surface area (TPSA) is 87.1 Å². The summed E-state index contributed by atoms with van der Waals surface area (Å²) in [5.41, 5.74) is 1.50. The molecule has 2 amide bonds. The summed E-state index contributed by atoms with van der Waals surface area (Å²) in [6.45, 7) is 2.23. The van der Waals surface area contributed by atoms with Crippen LogP contribution in [0.5, 0.6) is 0 Å². The molecule has 128 valence electrons. The number of rotatable bonds is 5. The van der Waals surface area contributed by atoms with Crippen LogP contribution in [0.4, 0.5) is 4.79 Å². The molecule has 6 heteroatoms. The van der Waals surface area contributed by atoms with Crippen LogP contribution in [0.3, 0.4) is 0 Å². The summed E-state index contributed by atoms with van der Waals surface area (Å²) in [5, 5.41) is 17.8. The number of nitrogens with zero attached hydrogens (tertiary/aromatic N) is 2. The number of benzene rings is 2. The van der Waals surface area contributed by atoms with Crippen molar-refractivity contribution in [3.63, 3.8) is 0 Å². The van der Waals surface area contributed by atoms with E-state index in [1.54, 1.807) is 19.2 Å². The van der Waals surface area contributed by atoms with E-state index >= 15 is 0 Å². The van der Waals surface area contributed by atoms with Crippen molar-refractivity contribution in [3.05, 3.63) is 71.8 Å². The Morgan fingerprint density at radius 2 is 1.92 bits per heavy atom. The minimum absolute atomic E-state index is 0.132. The van der Waals surface area contributed by atoms with Crippen LogP contribution >= 0.6 is 0 Å². The van der Waals surface area contributed by atoms with Crippen molar-refractivity contribution in [1.82, 2.24) is 20.6 Å². The van der Waals surface area contributed by atoms with Gasteiger partial charge in [-0.15, -0.1) is 0 Å². The fraction of sp³-hybridized carbons (Fsp3) is 0.211. The average molecular weight is 336 g/mol. The molecule has 0 unspecified atom stereocenters. The Hall–Kier alpha value is -2.99. The normalized spacial score (nSPS) is 11.9. The molecule has 0 aliphatic heterocycles. The molecular weight excluding hydrogens is 316 g/mol. The Bertz CT molecular complexity index is 882. The number of hydrogen-bond acceptors (Lipinski definition) is 4. The predicted molar refractivity (Wildman–Crippen MR) is 95.9 cm³/mol. The monoisotopic (exact) mass is 336 g/mol. The zero-order valence-electron chi connectivity index (χ0n) is 13.9. The number of aryl methyl sites for hydroxylation is 1. The van der Waals surface area contributed by atoms with Gasteiger partial charge in [-0.1, -0.05) is 36.4 Å². The van der Waals surface area contributed by atoms with Crippen LogP contribution in [-0.4, -0.2) is 27.7 Å². The summed E-state index contributed by atoms with van der Waals surface area (Å²) in [6, 6.07) is 15.1. The molecule has 1 heterocycles. The zero-order chi connectivity index (χ0) is 17.6. The number of carbonyl (C=O) groups is 1. The van der Waals surface area contributed by atoms with Gasteiger partial charge in [-0.2, -0.15) is 0 Å². The Morgan fingerprint density at radius 3 is 2.72 bits per heavy atom. The van der Waals surface area contributed by atoms with E-state index in [9.17, 15) is 9.90 Å². The summed E-state index contributed by atoms with van der Waals surface area (Å²) in [6.07, 6.45) is 0.887. The maximum absolute atomic E-state index is 11.9. The Labute approximate surface area is 145 Å². The van der Waals surface area contributed by atoms with Crippen LogP contribution < -0.4 is 10.6 Å². The van der Waals surface area contributed by atoms with Crippen LogP contribution in [0.1, 0.15) is 23.2 Å². The largest absolute Gasteiger partial charge is 0.387 e. The fourth-order valence-corrected chi connectivity index (χ4v) is 2.56. The van der Waals surface area contributed by atoms with Gasteiger partial charge in [-0.3, -0.25) is 0 Å². The number of carbonyl (C=O) groups excluding carboxylic acids is 1. The summed E-state index contributed by atoms with van der Waals surface area (Å²) < 4.78 is 0. The van der Waals surface area contributed by atoms with Gasteiger partial charge in [-0.25, -0.2) is 14.8 Å². The highest BCUT2D eigenvalue weighted by molar-refractivity contribution is 5.83. The first-order valence-corrected chi connectivity index (χ1v) is 8.09. The summed E-state index contributed by atoms with van der Waals surface area (Å²) >= 11 is 0. The van der Waals surface area contributed by atoms with Gasteiger partial charge in [0.25, 0.3) is 0 Å². The molecule has 1 atom stereocenters. The molecule has 3 aromatic rings. The molecule has 0 radical (unpaired) electrons. The standard InChI is InChI=1S/C19H20N4O2/c1-13-20-9-8-17(23-13)11-21-19(25)22-12-18(24)16-7-6-14-4-2-3-5-15(14)10-16/h2-10,18,24H,11-12H2,1H3,(H2,21,22,25)/t18-/m1/s1. The van der Waals surface area contributed by atoms with Gasteiger partial charge >= 0.3 is 6.03 Å². The highest BCUT2D eigenvalue weighted by Crippen LogP contribution is 2.19. The van der Waals surface area contributed by atoms with Crippen molar-refractivity contribution >= 4 is 16.8 Å². The van der Waals surface area contributed by atoms with E-state index in [2.05, 4.69) is 20.6 Å². The molecule has 0 aliphatic rings. The molecule has 6 nitrogen and oxygen atoms in total. The zero-order valence-corrected chi connectivity index (χ0v) is 13.9. The van der Waals surface area contributed by atoms with Crippen molar-refractivity contribution in [2.24, 2.45) is 0 Å². The van der Waals surface area contributed by atoms with E-state index in [4.69, 9.17) is 0 Å². The summed E-state index contributed by atoms with van der Waals surface area (Å²) in [4.78, 5) is 20.1. The van der Waals surface area contributed by atoms with Gasteiger partial charge < -0.3 is 15.7 Å². The van der Waals surface area contributed by atoms with Crippen molar-refractivity contribution in [1.29, 1.82) is 0 Å². The lowest BCUT2D eigenvalue weighted by atomic mass is 10.0. The molecule has 0 aliphatic carbocycles. The molecule has 2 aromatic carbocycles. The Balaban J connectivity index is 1.52. The van der Waals surface area contributed by atoms with E-state index in [-0.39, 0.29) is 12.6 Å². The molecule has 0 saturated carbocycles. The Morgan fingerprint density at radius 1 is 1.12 bits per heavy atom. The molecule has 3 N–H and O–H groups in total. The van der Waals surface area contributed by atoms with Crippen molar-refractivity contribution in [2.75, 3.05) is 6.54 Å². The predicted octanol–water partition coefficient (Wildman–Crippen LogP) is 2.47. The molecule has 0 spiro atoms. The van der Waals surface area contributed by atoms with Gasteiger partial charge in [0.15, 0.2) is 0 Å². The SMILES string of the molecule is Cc1nccc(CNC(=O)NC[C@@H](O)c2ccc3ccccc3c2)n1. The maximum Gasteiger partial charge on any atom is 0.315 e. The van der Waals surface area contributed by atoms with Gasteiger partial charge in [0.05, 0.1) is 18.3 Å². The Kier molecular flexibility index (Phi) is 5.20. The van der Waals surface area contributed by atoms with Crippen molar-refractivity contribution < 1.29 is 9.90 Å². The molecular formula is C19H20N4O2. The van der Waals surface area contributed by atoms with Crippen LogP contribution in [0.15, 0.2) is 54.7 Å². The quantitative estimate of drug-likeness (QED) is 0.668. The first kappa shape index (κ1) is 16.9. The highest BCUT2D eigenvalue weighted by Gasteiger charge is 2.10. The molecule has 3 rings (SSSR count). The number of aromatic nitrogens is 2. The van der Waals surface area contributed by atoms with Crippen LogP contribution in [-0.2, 0) is 6.54 Å². The molecule has 0 fully saturated rings. The van der Waals surface area contributed by atoms with Crippen LogP contribution in [0.25, 0.3) is 10.8 Å². The van der Waals surface area contributed by atoms with Gasteiger partial charge in [-0.05, 0) is 35.4 Å².